The smallest absolute Gasteiger partial charge is 0.320 e. The molecule has 1 unspecified atom stereocenters. The van der Waals surface area contributed by atoms with Crippen molar-refractivity contribution in [3.63, 3.8) is 0 Å². The maximum absolute atomic E-state index is 12.7. The predicted molar refractivity (Wildman–Crippen MR) is 117 cm³/mol. The van der Waals surface area contributed by atoms with Crippen LogP contribution in [0.3, 0.4) is 0 Å². The maximum Gasteiger partial charge on any atom is 0.320 e. The van der Waals surface area contributed by atoms with Crippen LogP contribution in [0.1, 0.15) is 29.9 Å². The van der Waals surface area contributed by atoms with Gasteiger partial charge in [0.2, 0.25) is 0 Å². The number of urea groups is 1. The first kappa shape index (κ1) is 20.3. The second-order valence-electron chi connectivity index (χ2n) is 8.63. The summed E-state index contributed by atoms with van der Waals surface area (Å²) in [6, 6.07) is 8.25. The molecule has 1 radical (unpaired) electrons. The first-order valence-electron chi connectivity index (χ1n) is 11.3. The average Bonchev–Trinajstić information content (AvgIpc) is 3.27. The second kappa shape index (κ2) is 8.87. The SMILES string of the molecule is N#Cc1ccc2[nH]cc(C3CC[N][C@H](N4CCN(C(=O)N5CCOCC5)CC4)C3)c2c1. The van der Waals surface area contributed by atoms with Gasteiger partial charge in [0, 0.05) is 62.9 Å². The fourth-order valence-corrected chi connectivity index (χ4v) is 5.09. The van der Waals surface area contributed by atoms with Crippen molar-refractivity contribution in [2.75, 3.05) is 59.0 Å². The lowest BCUT2D eigenvalue weighted by atomic mass is 9.87. The van der Waals surface area contributed by atoms with E-state index in [-0.39, 0.29) is 12.2 Å². The van der Waals surface area contributed by atoms with Crippen molar-refractivity contribution in [1.82, 2.24) is 25.0 Å². The molecule has 0 aliphatic carbocycles. The molecular formula is C23H29N6O2. The third-order valence-corrected chi connectivity index (χ3v) is 6.88. The van der Waals surface area contributed by atoms with E-state index >= 15 is 0 Å². The molecule has 1 aromatic carbocycles. The van der Waals surface area contributed by atoms with E-state index in [2.05, 4.69) is 22.1 Å². The van der Waals surface area contributed by atoms with Crippen molar-refractivity contribution in [2.45, 2.75) is 24.9 Å². The van der Waals surface area contributed by atoms with E-state index in [0.29, 0.717) is 37.8 Å². The number of aromatic nitrogens is 1. The van der Waals surface area contributed by atoms with E-state index in [9.17, 15) is 10.1 Å². The molecule has 1 aromatic heterocycles. The van der Waals surface area contributed by atoms with E-state index < -0.39 is 0 Å². The molecule has 8 heteroatoms. The zero-order valence-corrected chi connectivity index (χ0v) is 17.8. The van der Waals surface area contributed by atoms with E-state index in [4.69, 9.17) is 10.1 Å². The highest BCUT2D eigenvalue weighted by molar-refractivity contribution is 5.85. The number of piperazine rings is 1. The highest BCUT2D eigenvalue weighted by Gasteiger charge is 2.33. The number of nitrogens with one attached hydrogen (secondary N) is 1. The summed E-state index contributed by atoms with van der Waals surface area (Å²) < 4.78 is 5.36. The van der Waals surface area contributed by atoms with Crippen molar-refractivity contribution in [2.24, 2.45) is 0 Å². The van der Waals surface area contributed by atoms with E-state index in [1.807, 2.05) is 28.0 Å². The minimum Gasteiger partial charge on any atom is -0.378 e. The number of aromatic amines is 1. The Bertz CT molecular complexity index is 968. The quantitative estimate of drug-likeness (QED) is 0.802. The highest BCUT2D eigenvalue weighted by Crippen LogP contribution is 2.34. The molecule has 0 spiro atoms. The molecule has 4 heterocycles. The van der Waals surface area contributed by atoms with Gasteiger partial charge in [-0.1, -0.05) is 0 Å². The van der Waals surface area contributed by atoms with E-state index in [1.54, 1.807) is 0 Å². The summed E-state index contributed by atoms with van der Waals surface area (Å²) in [6.45, 7) is 6.75. The van der Waals surface area contributed by atoms with Crippen LogP contribution in [-0.4, -0.2) is 90.9 Å². The molecule has 3 aliphatic rings. The third-order valence-electron chi connectivity index (χ3n) is 6.88. The van der Waals surface area contributed by atoms with Gasteiger partial charge in [0.15, 0.2) is 0 Å². The molecule has 31 heavy (non-hydrogen) atoms. The molecule has 0 bridgehead atoms. The normalized spacial score (nSPS) is 25.5. The van der Waals surface area contributed by atoms with Gasteiger partial charge in [0.05, 0.1) is 31.0 Å². The number of carbonyl (C=O) groups excluding carboxylic acids is 1. The number of nitrogens with zero attached hydrogens (tertiary/aromatic N) is 5. The number of fused-ring (bicyclic) bond motifs is 1. The van der Waals surface area contributed by atoms with Crippen LogP contribution >= 0.6 is 0 Å². The van der Waals surface area contributed by atoms with Crippen LogP contribution in [0.5, 0.6) is 0 Å². The molecule has 3 aliphatic heterocycles. The van der Waals surface area contributed by atoms with Crippen molar-refractivity contribution in [1.29, 1.82) is 5.26 Å². The van der Waals surface area contributed by atoms with Crippen molar-refractivity contribution in [3.05, 3.63) is 35.5 Å². The van der Waals surface area contributed by atoms with Gasteiger partial charge in [0.1, 0.15) is 0 Å². The van der Waals surface area contributed by atoms with Gasteiger partial charge in [-0.15, -0.1) is 0 Å². The summed E-state index contributed by atoms with van der Waals surface area (Å²) >= 11 is 0. The van der Waals surface area contributed by atoms with Crippen LogP contribution in [0.4, 0.5) is 4.79 Å². The number of ether oxygens (including phenoxy) is 1. The molecule has 3 fully saturated rings. The Kier molecular flexibility index (Phi) is 5.81. The minimum absolute atomic E-state index is 0.147. The van der Waals surface area contributed by atoms with Gasteiger partial charge in [-0.25, -0.2) is 10.1 Å². The number of H-pyrrole nitrogens is 1. The Morgan fingerprint density at radius 3 is 2.68 bits per heavy atom. The lowest BCUT2D eigenvalue weighted by molar-refractivity contribution is 0.0297. The van der Waals surface area contributed by atoms with Crippen LogP contribution in [0.2, 0.25) is 0 Å². The first-order chi connectivity index (χ1) is 15.2. The fraction of sp³-hybridized carbons (Fsp3) is 0.565. The molecule has 5 rings (SSSR count). The van der Waals surface area contributed by atoms with E-state index in [0.717, 1.165) is 56.5 Å². The predicted octanol–water partition coefficient (Wildman–Crippen LogP) is 1.92. The lowest BCUT2D eigenvalue weighted by Gasteiger charge is -2.43. The van der Waals surface area contributed by atoms with Crippen LogP contribution < -0.4 is 5.32 Å². The molecular weight excluding hydrogens is 392 g/mol. The summed E-state index contributed by atoms with van der Waals surface area (Å²) in [6.07, 6.45) is 4.33. The van der Waals surface area contributed by atoms with Crippen molar-refractivity contribution in [3.8, 4) is 6.07 Å². The largest absolute Gasteiger partial charge is 0.378 e. The fourth-order valence-electron chi connectivity index (χ4n) is 5.09. The van der Waals surface area contributed by atoms with Crippen LogP contribution in [-0.2, 0) is 4.74 Å². The monoisotopic (exact) mass is 421 g/mol. The molecule has 8 nitrogen and oxygen atoms in total. The van der Waals surface area contributed by atoms with Gasteiger partial charge in [-0.05, 0) is 42.5 Å². The van der Waals surface area contributed by atoms with Crippen LogP contribution in [0.15, 0.2) is 24.4 Å². The number of rotatable bonds is 2. The number of benzene rings is 1. The minimum atomic E-state index is 0.147. The Hall–Kier alpha value is -2.60. The van der Waals surface area contributed by atoms with Crippen molar-refractivity contribution >= 4 is 16.9 Å². The number of amides is 2. The second-order valence-corrected chi connectivity index (χ2v) is 8.63. The summed E-state index contributed by atoms with van der Waals surface area (Å²) in [4.78, 5) is 22.4. The van der Waals surface area contributed by atoms with E-state index in [1.165, 1.54) is 5.56 Å². The average molecular weight is 422 g/mol. The van der Waals surface area contributed by atoms with Gasteiger partial charge in [-0.2, -0.15) is 5.26 Å². The molecule has 0 saturated carbocycles. The number of hydrogen-bond donors (Lipinski definition) is 1. The summed E-state index contributed by atoms with van der Waals surface area (Å²) in [5.41, 5.74) is 3.09. The number of morpholine rings is 1. The molecule has 1 N–H and O–H groups in total. The molecule has 2 atom stereocenters. The molecule has 2 aromatic rings. The highest BCUT2D eigenvalue weighted by atomic mass is 16.5. The van der Waals surface area contributed by atoms with Gasteiger partial charge < -0.3 is 19.5 Å². The Morgan fingerprint density at radius 2 is 1.90 bits per heavy atom. The van der Waals surface area contributed by atoms with Crippen LogP contribution in [0.25, 0.3) is 10.9 Å². The number of nitriles is 1. The van der Waals surface area contributed by atoms with Gasteiger partial charge >= 0.3 is 6.03 Å². The first-order valence-corrected chi connectivity index (χ1v) is 11.3. The topological polar surface area (TPSA) is 89.7 Å². The lowest BCUT2D eigenvalue weighted by Crippen LogP contribution is -2.58. The van der Waals surface area contributed by atoms with Crippen molar-refractivity contribution < 1.29 is 9.53 Å². The van der Waals surface area contributed by atoms with Crippen LogP contribution in [0, 0.1) is 11.3 Å². The van der Waals surface area contributed by atoms with Gasteiger partial charge in [-0.3, -0.25) is 4.90 Å². The Balaban J connectivity index is 1.22. The summed E-state index contributed by atoms with van der Waals surface area (Å²) in [5, 5.41) is 15.4. The zero-order chi connectivity index (χ0) is 21.2. The summed E-state index contributed by atoms with van der Waals surface area (Å²) in [7, 11) is 0. The standard InChI is InChI=1S/C23H29N6O2/c24-15-17-1-2-21-19(13-17)20(16-26-21)18-3-4-25-22(14-18)27-5-7-28(8-6-27)23(30)29-9-11-31-12-10-29/h1-2,13,16,18,22,26H,3-12,14H2/t18?,22-/m1/s1. The number of hydrogen-bond acceptors (Lipinski definition) is 4. The third kappa shape index (κ3) is 4.13. The van der Waals surface area contributed by atoms with Gasteiger partial charge in [0.25, 0.3) is 0 Å². The number of piperidine rings is 1. The molecule has 2 amide bonds. The molecule has 3 saturated heterocycles. The molecule has 163 valence electrons. The zero-order valence-electron chi connectivity index (χ0n) is 17.8. The Labute approximate surface area is 182 Å². The maximum atomic E-state index is 12.7. The Morgan fingerprint density at radius 1 is 1.13 bits per heavy atom. The summed E-state index contributed by atoms with van der Waals surface area (Å²) in [5.74, 6) is 0.429. The number of carbonyl (C=O) groups is 1.